The maximum Gasteiger partial charge on any atom is 0.256 e. The number of hydrogen-bond donors (Lipinski definition) is 3. The average molecular weight is 293 g/mol. The third-order valence-corrected chi connectivity index (χ3v) is 3.66. The minimum Gasteiger partial charge on any atom is -0.348 e. The average Bonchev–Trinajstić information content (AvgIpc) is 3.14. The first-order valence-electron chi connectivity index (χ1n) is 6.73. The first kappa shape index (κ1) is 12.5. The van der Waals surface area contributed by atoms with Crippen LogP contribution < -0.4 is 10.6 Å². The summed E-state index contributed by atoms with van der Waals surface area (Å²) in [5, 5.41) is 12.8. The van der Waals surface area contributed by atoms with E-state index in [9.17, 15) is 9.59 Å². The van der Waals surface area contributed by atoms with Crippen molar-refractivity contribution >= 4 is 28.5 Å². The highest BCUT2D eigenvalue weighted by Crippen LogP contribution is 2.25. The van der Waals surface area contributed by atoms with Crippen molar-refractivity contribution in [2.45, 2.75) is 6.54 Å². The van der Waals surface area contributed by atoms with Gasteiger partial charge in [-0.1, -0.05) is 12.1 Å². The van der Waals surface area contributed by atoms with Gasteiger partial charge >= 0.3 is 0 Å². The number of benzene rings is 1. The summed E-state index contributed by atoms with van der Waals surface area (Å²) in [5.74, 6) is -0.476. The van der Waals surface area contributed by atoms with Crippen LogP contribution in [0, 0.1) is 0 Å². The van der Waals surface area contributed by atoms with Crippen molar-refractivity contribution in [3.05, 3.63) is 53.3 Å². The van der Waals surface area contributed by atoms with E-state index in [1.807, 2.05) is 12.1 Å². The van der Waals surface area contributed by atoms with Crippen LogP contribution in [-0.4, -0.2) is 27.0 Å². The van der Waals surface area contributed by atoms with Crippen molar-refractivity contribution in [2.24, 2.45) is 0 Å². The van der Waals surface area contributed by atoms with Crippen LogP contribution in [0.15, 0.2) is 36.7 Å². The number of aromatic nitrogens is 3. The van der Waals surface area contributed by atoms with Crippen molar-refractivity contribution in [2.75, 3.05) is 5.32 Å². The van der Waals surface area contributed by atoms with Crippen molar-refractivity contribution in [1.82, 2.24) is 20.5 Å². The third kappa shape index (κ3) is 1.83. The lowest BCUT2D eigenvalue weighted by atomic mass is 10.1. The normalized spacial score (nSPS) is 13.0. The molecule has 108 valence electrons. The Morgan fingerprint density at radius 2 is 2.18 bits per heavy atom. The Hall–Kier alpha value is -3.22. The van der Waals surface area contributed by atoms with Crippen LogP contribution in [0.2, 0.25) is 0 Å². The summed E-state index contributed by atoms with van der Waals surface area (Å²) in [6.45, 7) is 0.485. The number of nitrogens with zero attached hydrogens (tertiary/aromatic N) is 2. The largest absolute Gasteiger partial charge is 0.348 e. The predicted molar refractivity (Wildman–Crippen MR) is 79.5 cm³/mol. The molecular weight excluding hydrogens is 282 g/mol. The summed E-state index contributed by atoms with van der Waals surface area (Å²) in [7, 11) is 0. The number of fused-ring (bicyclic) bond motifs is 2. The molecule has 7 heteroatoms. The Morgan fingerprint density at radius 1 is 1.27 bits per heavy atom. The molecule has 22 heavy (non-hydrogen) atoms. The van der Waals surface area contributed by atoms with Gasteiger partial charge in [-0.05, 0) is 17.7 Å². The summed E-state index contributed by atoms with van der Waals surface area (Å²) in [6, 6.07) is 7.02. The molecule has 0 saturated heterocycles. The van der Waals surface area contributed by atoms with Crippen molar-refractivity contribution in [1.29, 1.82) is 0 Å². The molecule has 0 atom stereocenters. The van der Waals surface area contributed by atoms with Gasteiger partial charge in [-0.3, -0.25) is 14.7 Å². The van der Waals surface area contributed by atoms with E-state index in [0.717, 1.165) is 5.56 Å². The van der Waals surface area contributed by atoms with E-state index in [1.54, 1.807) is 18.3 Å². The topological polar surface area (TPSA) is 99.8 Å². The molecule has 1 aliphatic heterocycles. The minimum absolute atomic E-state index is 0.172. The van der Waals surface area contributed by atoms with Crippen LogP contribution in [0.1, 0.15) is 26.3 Å². The predicted octanol–water partition coefficient (Wildman–Crippen LogP) is 1.45. The molecule has 2 aromatic heterocycles. The van der Waals surface area contributed by atoms with Crippen LogP contribution >= 0.6 is 0 Å². The molecule has 0 aliphatic carbocycles. The standard InChI is InChI=1S/C15H11N5O2/c21-14(9-4-5-16-13-10(9)7-18-20-13)19-11-3-1-2-8-6-17-15(22)12(8)11/h1-5,7H,6H2,(H,17,22)(H,19,21)(H,16,18,20). The number of carbonyl (C=O) groups is 2. The van der Waals surface area contributed by atoms with Crippen LogP contribution in [0.4, 0.5) is 5.69 Å². The molecule has 3 N–H and O–H groups in total. The first-order chi connectivity index (χ1) is 10.7. The van der Waals surface area contributed by atoms with Gasteiger partial charge in [-0.15, -0.1) is 0 Å². The highest BCUT2D eigenvalue weighted by Gasteiger charge is 2.23. The first-order valence-corrected chi connectivity index (χ1v) is 6.73. The summed E-state index contributed by atoms with van der Waals surface area (Å²) in [5.41, 5.74) is 2.91. The number of amides is 2. The number of rotatable bonds is 2. The molecule has 0 spiro atoms. The zero-order valence-electron chi connectivity index (χ0n) is 11.4. The van der Waals surface area contributed by atoms with Crippen molar-refractivity contribution in [3.8, 4) is 0 Å². The maximum absolute atomic E-state index is 12.5. The number of aromatic amines is 1. The smallest absolute Gasteiger partial charge is 0.256 e. The zero-order chi connectivity index (χ0) is 15.1. The molecule has 0 saturated carbocycles. The monoisotopic (exact) mass is 293 g/mol. The number of carbonyl (C=O) groups excluding carboxylic acids is 2. The summed E-state index contributed by atoms with van der Waals surface area (Å²) < 4.78 is 0. The second-order valence-corrected chi connectivity index (χ2v) is 4.97. The molecule has 0 fully saturated rings. The quantitative estimate of drug-likeness (QED) is 0.666. The highest BCUT2D eigenvalue weighted by molar-refractivity contribution is 6.14. The highest BCUT2D eigenvalue weighted by atomic mass is 16.2. The van der Waals surface area contributed by atoms with Gasteiger partial charge in [-0.2, -0.15) is 5.10 Å². The Bertz CT molecular complexity index is 915. The van der Waals surface area contributed by atoms with Gasteiger partial charge in [0, 0.05) is 12.7 Å². The second-order valence-electron chi connectivity index (χ2n) is 4.97. The van der Waals surface area contributed by atoms with Gasteiger partial charge in [0.2, 0.25) is 0 Å². The van der Waals surface area contributed by atoms with Gasteiger partial charge in [0.15, 0.2) is 5.65 Å². The van der Waals surface area contributed by atoms with E-state index >= 15 is 0 Å². The van der Waals surface area contributed by atoms with E-state index in [2.05, 4.69) is 25.8 Å². The van der Waals surface area contributed by atoms with E-state index in [0.29, 0.717) is 34.4 Å². The number of pyridine rings is 1. The minimum atomic E-state index is -0.304. The van der Waals surface area contributed by atoms with E-state index in [1.165, 1.54) is 6.20 Å². The lowest BCUT2D eigenvalue weighted by molar-refractivity contribution is 0.0966. The molecule has 7 nitrogen and oxygen atoms in total. The molecule has 0 radical (unpaired) electrons. The zero-order valence-corrected chi connectivity index (χ0v) is 11.4. The van der Waals surface area contributed by atoms with Crippen LogP contribution in [0.3, 0.4) is 0 Å². The summed E-state index contributed by atoms with van der Waals surface area (Å²) >= 11 is 0. The van der Waals surface area contributed by atoms with Gasteiger partial charge < -0.3 is 10.6 Å². The number of H-pyrrole nitrogens is 1. The Labute approximate surface area is 124 Å². The summed E-state index contributed by atoms with van der Waals surface area (Å²) in [4.78, 5) is 28.5. The lowest BCUT2D eigenvalue weighted by Gasteiger charge is -2.09. The Balaban J connectivity index is 1.73. The van der Waals surface area contributed by atoms with Crippen LogP contribution in [-0.2, 0) is 6.54 Å². The maximum atomic E-state index is 12.5. The third-order valence-electron chi connectivity index (χ3n) is 3.66. The molecule has 3 aromatic rings. The Morgan fingerprint density at radius 3 is 3.09 bits per heavy atom. The van der Waals surface area contributed by atoms with Gasteiger partial charge in [0.25, 0.3) is 11.8 Å². The Kier molecular flexibility index (Phi) is 2.65. The molecule has 1 aliphatic rings. The molecular formula is C15H11N5O2. The van der Waals surface area contributed by atoms with E-state index in [-0.39, 0.29) is 11.8 Å². The van der Waals surface area contributed by atoms with Crippen molar-refractivity contribution in [3.63, 3.8) is 0 Å². The van der Waals surface area contributed by atoms with E-state index in [4.69, 9.17) is 0 Å². The molecule has 1 aromatic carbocycles. The number of nitrogens with one attached hydrogen (secondary N) is 3. The lowest BCUT2D eigenvalue weighted by Crippen LogP contribution is -2.17. The van der Waals surface area contributed by atoms with Gasteiger partial charge in [0.1, 0.15) is 0 Å². The van der Waals surface area contributed by atoms with E-state index < -0.39 is 0 Å². The van der Waals surface area contributed by atoms with Gasteiger partial charge in [0.05, 0.1) is 28.4 Å². The van der Waals surface area contributed by atoms with Gasteiger partial charge in [-0.25, -0.2) is 4.98 Å². The fourth-order valence-corrected chi connectivity index (χ4v) is 2.62. The fraction of sp³-hybridized carbons (Fsp3) is 0.0667. The number of hydrogen-bond acceptors (Lipinski definition) is 4. The second kappa shape index (κ2) is 4.66. The molecule has 2 amide bonds. The SMILES string of the molecule is O=C1NCc2cccc(NC(=O)c3ccnc4[nH]ncc34)c21. The molecule has 0 bridgehead atoms. The molecule has 3 heterocycles. The molecule has 4 rings (SSSR count). The fourth-order valence-electron chi connectivity index (χ4n) is 2.62. The molecule has 0 unspecified atom stereocenters. The number of anilines is 1. The van der Waals surface area contributed by atoms with Crippen LogP contribution in [0.25, 0.3) is 11.0 Å². The van der Waals surface area contributed by atoms with Crippen molar-refractivity contribution < 1.29 is 9.59 Å². The van der Waals surface area contributed by atoms with Crippen LogP contribution in [0.5, 0.6) is 0 Å². The summed E-state index contributed by atoms with van der Waals surface area (Å²) in [6.07, 6.45) is 3.09.